The van der Waals surface area contributed by atoms with E-state index in [1.807, 2.05) is 0 Å². The van der Waals surface area contributed by atoms with Gasteiger partial charge in [0.15, 0.2) is 0 Å². The lowest BCUT2D eigenvalue weighted by atomic mass is 10.3. The first-order chi connectivity index (χ1) is 11.9. The molecule has 0 fully saturated rings. The third kappa shape index (κ3) is 4.85. The molecule has 9 heteroatoms. The number of nitrogens with zero attached hydrogens (tertiary/aromatic N) is 1. The number of sulfonamides is 1. The number of hydrogen-bond donors (Lipinski definition) is 1. The Morgan fingerprint density at radius 3 is 2.68 bits per heavy atom. The second-order valence-corrected chi connectivity index (χ2v) is 9.40. The highest BCUT2D eigenvalue weighted by atomic mass is 79.9. The van der Waals surface area contributed by atoms with Gasteiger partial charge >= 0.3 is 0 Å². The first-order valence-corrected chi connectivity index (χ1v) is 10.1. The standard InChI is InChI=1S/C16H12BrFN2O3S2/c17-14-5-7-16(24-14)25(21,22)20-10-11-4-6-15(19-9-11)23-13-3-1-2-12(18)8-13/h1-9,20H,10H2. The molecule has 0 unspecified atom stereocenters. The largest absolute Gasteiger partial charge is 0.439 e. The van der Waals surface area contributed by atoms with Crippen LogP contribution in [0, 0.1) is 5.82 Å². The highest BCUT2D eigenvalue weighted by Gasteiger charge is 2.16. The van der Waals surface area contributed by atoms with E-state index >= 15 is 0 Å². The van der Waals surface area contributed by atoms with E-state index in [0.717, 1.165) is 15.1 Å². The van der Waals surface area contributed by atoms with E-state index in [1.54, 1.807) is 24.3 Å². The van der Waals surface area contributed by atoms with Crippen molar-refractivity contribution in [3.63, 3.8) is 0 Å². The van der Waals surface area contributed by atoms with Crippen LogP contribution in [-0.2, 0) is 16.6 Å². The first-order valence-electron chi connectivity index (χ1n) is 7.06. The molecule has 3 rings (SSSR count). The zero-order chi connectivity index (χ0) is 17.9. The smallest absolute Gasteiger partial charge is 0.250 e. The van der Waals surface area contributed by atoms with Gasteiger partial charge in [-0.2, -0.15) is 0 Å². The van der Waals surface area contributed by atoms with Gasteiger partial charge in [-0.25, -0.2) is 22.5 Å². The minimum Gasteiger partial charge on any atom is -0.439 e. The number of benzene rings is 1. The Kier molecular flexibility index (Phi) is 5.48. The maximum Gasteiger partial charge on any atom is 0.250 e. The molecule has 1 N–H and O–H groups in total. The van der Waals surface area contributed by atoms with E-state index in [9.17, 15) is 12.8 Å². The molecule has 0 atom stereocenters. The van der Waals surface area contributed by atoms with Crippen molar-refractivity contribution in [2.75, 3.05) is 0 Å². The van der Waals surface area contributed by atoms with E-state index in [0.29, 0.717) is 17.2 Å². The molecule has 2 heterocycles. The minimum absolute atomic E-state index is 0.102. The number of ether oxygens (including phenoxy) is 1. The molecular formula is C16H12BrFN2O3S2. The Labute approximate surface area is 156 Å². The summed E-state index contributed by atoms with van der Waals surface area (Å²) in [5.74, 6) is 0.229. The van der Waals surface area contributed by atoms with Gasteiger partial charge in [-0.05, 0) is 45.8 Å². The van der Waals surface area contributed by atoms with Gasteiger partial charge in [0.1, 0.15) is 15.8 Å². The molecule has 0 radical (unpaired) electrons. The molecule has 0 spiro atoms. The van der Waals surface area contributed by atoms with E-state index in [2.05, 4.69) is 25.6 Å². The molecule has 25 heavy (non-hydrogen) atoms. The summed E-state index contributed by atoms with van der Waals surface area (Å²) >= 11 is 4.37. The fraction of sp³-hybridized carbons (Fsp3) is 0.0625. The van der Waals surface area contributed by atoms with E-state index < -0.39 is 15.8 Å². The lowest BCUT2D eigenvalue weighted by molar-refractivity contribution is 0.457. The summed E-state index contributed by atoms with van der Waals surface area (Å²) in [5.41, 5.74) is 0.672. The van der Waals surface area contributed by atoms with Gasteiger partial charge < -0.3 is 4.74 Å². The molecule has 0 aliphatic rings. The normalized spacial score (nSPS) is 11.4. The molecule has 1 aromatic carbocycles. The molecule has 0 aliphatic heterocycles. The zero-order valence-corrected chi connectivity index (χ0v) is 15.9. The van der Waals surface area contributed by atoms with Crippen molar-refractivity contribution < 1.29 is 17.5 Å². The maximum absolute atomic E-state index is 13.1. The van der Waals surface area contributed by atoms with Gasteiger partial charge in [0.25, 0.3) is 0 Å². The fourth-order valence-electron chi connectivity index (χ4n) is 1.92. The lowest BCUT2D eigenvalue weighted by Crippen LogP contribution is -2.22. The zero-order valence-electron chi connectivity index (χ0n) is 12.6. The number of halogens is 2. The van der Waals surface area contributed by atoms with Crippen LogP contribution < -0.4 is 9.46 Å². The Hall–Kier alpha value is -1.81. The molecule has 2 aromatic heterocycles. The Morgan fingerprint density at radius 2 is 2.04 bits per heavy atom. The second-order valence-electron chi connectivity index (χ2n) is 4.95. The summed E-state index contributed by atoms with van der Waals surface area (Å²) in [4.78, 5) is 4.10. The number of thiophene rings is 1. The van der Waals surface area contributed by atoms with E-state index in [1.165, 1.54) is 30.5 Å². The van der Waals surface area contributed by atoms with Gasteiger partial charge in [0.2, 0.25) is 15.9 Å². The average molecular weight is 443 g/mol. The van der Waals surface area contributed by atoms with Crippen LogP contribution in [0.25, 0.3) is 0 Å². The predicted molar refractivity (Wildman–Crippen MR) is 96.8 cm³/mol. The van der Waals surface area contributed by atoms with E-state index in [-0.39, 0.29) is 10.8 Å². The number of rotatable bonds is 6. The van der Waals surface area contributed by atoms with Crippen molar-refractivity contribution in [1.82, 2.24) is 9.71 Å². The Balaban J connectivity index is 1.63. The quantitative estimate of drug-likeness (QED) is 0.617. The van der Waals surface area contributed by atoms with Crippen LogP contribution in [0.2, 0.25) is 0 Å². The van der Waals surface area contributed by atoms with Gasteiger partial charge in [-0.3, -0.25) is 0 Å². The van der Waals surface area contributed by atoms with Crippen molar-refractivity contribution in [1.29, 1.82) is 0 Å². The molecule has 130 valence electrons. The fourth-order valence-corrected chi connectivity index (χ4v) is 4.99. The van der Waals surface area contributed by atoms with Crippen LogP contribution in [0.3, 0.4) is 0 Å². The number of nitrogens with one attached hydrogen (secondary N) is 1. The van der Waals surface area contributed by atoms with Crippen molar-refractivity contribution >= 4 is 37.3 Å². The summed E-state index contributed by atoms with van der Waals surface area (Å²) in [6.45, 7) is 0.102. The minimum atomic E-state index is -3.56. The SMILES string of the molecule is O=S(=O)(NCc1ccc(Oc2cccc(F)c2)nc1)c1ccc(Br)s1. The Bertz CT molecular complexity index is 975. The van der Waals surface area contributed by atoms with Crippen molar-refractivity contribution in [3.05, 3.63) is 69.9 Å². The van der Waals surface area contributed by atoms with Crippen LogP contribution in [0.15, 0.2) is 62.7 Å². The van der Waals surface area contributed by atoms with Crippen LogP contribution in [0.1, 0.15) is 5.56 Å². The molecule has 0 aliphatic carbocycles. The summed E-state index contributed by atoms with van der Waals surface area (Å²) < 4.78 is 46.4. The highest BCUT2D eigenvalue weighted by Crippen LogP contribution is 2.26. The van der Waals surface area contributed by atoms with E-state index in [4.69, 9.17) is 4.74 Å². The van der Waals surface area contributed by atoms with Gasteiger partial charge in [0.05, 0.1) is 3.79 Å². The number of aromatic nitrogens is 1. The molecule has 5 nitrogen and oxygen atoms in total. The molecule has 0 amide bonds. The van der Waals surface area contributed by atoms with Crippen LogP contribution in [-0.4, -0.2) is 13.4 Å². The van der Waals surface area contributed by atoms with Crippen LogP contribution in [0.4, 0.5) is 4.39 Å². The topological polar surface area (TPSA) is 68.3 Å². The third-order valence-corrected chi connectivity index (χ3v) is 6.61. The molecule has 3 aromatic rings. The van der Waals surface area contributed by atoms with Gasteiger partial charge in [0, 0.05) is 24.9 Å². The summed E-state index contributed by atoms with van der Waals surface area (Å²) in [6.07, 6.45) is 1.50. The van der Waals surface area contributed by atoms with Crippen molar-refractivity contribution in [3.8, 4) is 11.6 Å². The van der Waals surface area contributed by atoms with Gasteiger partial charge in [-0.1, -0.05) is 12.1 Å². The average Bonchev–Trinajstić information content (AvgIpc) is 3.02. The second kappa shape index (κ2) is 7.61. The van der Waals surface area contributed by atoms with Gasteiger partial charge in [-0.15, -0.1) is 11.3 Å². The monoisotopic (exact) mass is 442 g/mol. The lowest BCUT2D eigenvalue weighted by Gasteiger charge is -2.07. The number of hydrogen-bond acceptors (Lipinski definition) is 5. The third-order valence-electron chi connectivity index (χ3n) is 3.10. The maximum atomic E-state index is 13.1. The molecular weight excluding hydrogens is 431 g/mol. The summed E-state index contributed by atoms with van der Waals surface area (Å²) in [6, 6.07) is 12.2. The van der Waals surface area contributed by atoms with Crippen LogP contribution in [0.5, 0.6) is 11.6 Å². The highest BCUT2D eigenvalue weighted by molar-refractivity contribution is 9.11. The van der Waals surface area contributed by atoms with Crippen molar-refractivity contribution in [2.24, 2.45) is 0 Å². The van der Waals surface area contributed by atoms with Crippen LogP contribution >= 0.6 is 27.3 Å². The number of pyridine rings is 1. The summed E-state index contributed by atoms with van der Waals surface area (Å²) in [7, 11) is -3.56. The summed E-state index contributed by atoms with van der Waals surface area (Å²) in [5, 5.41) is 0. The predicted octanol–water partition coefficient (Wildman–Crippen LogP) is 4.32. The molecule has 0 saturated heterocycles. The molecule has 0 saturated carbocycles. The molecule has 0 bridgehead atoms. The first kappa shape index (κ1) is 18.0. The van der Waals surface area contributed by atoms with Crippen molar-refractivity contribution in [2.45, 2.75) is 10.8 Å². The Morgan fingerprint density at radius 1 is 1.20 bits per heavy atom.